The Hall–Kier alpha value is -0.0300. The first-order chi connectivity index (χ1) is 8.30. The molecule has 104 valence electrons. The van der Waals surface area contributed by atoms with Gasteiger partial charge < -0.3 is 15.3 Å². The van der Waals surface area contributed by atoms with Gasteiger partial charge in [-0.15, -0.1) is 11.3 Å². The Kier molecular flexibility index (Phi) is 5.30. The molecule has 0 aromatic carbocycles. The second-order valence-electron chi connectivity index (χ2n) is 3.83. The highest BCUT2D eigenvalue weighted by atomic mass is 79.9. The number of aliphatic hydroxyl groups excluding tert-OH is 3. The lowest BCUT2D eigenvalue weighted by Gasteiger charge is -2.28. The van der Waals surface area contributed by atoms with E-state index in [4.69, 9.17) is 15.3 Å². The van der Waals surface area contributed by atoms with Crippen LogP contribution in [-0.4, -0.2) is 49.1 Å². The predicted octanol–water partition coefficient (Wildman–Crippen LogP) is -0.187. The molecule has 18 heavy (non-hydrogen) atoms. The first-order valence-corrected chi connectivity index (χ1v) is 8.02. The minimum Gasteiger partial charge on any atom is -0.394 e. The predicted molar refractivity (Wildman–Crippen MR) is 71.1 cm³/mol. The van der Waals surface area contributed by atoms with Crippen LogP contribution in [-0.2, 0) is 10.0 Å². The maximum Gasteiger partial charge on any atom is 0.242 e. The van der Waals surface area contributed by atoms with Gasteiger partial charge in [0.2, 0.25) is 10.0 Å². The van der Waals surface area contributed by atoms with Crippen molar-refractivity contribution in [2.45, 2.75) is 17.4 Å². The van der Waals surface area contributed by atoms with E-state index in [1.165, 1.54) is 17.4 Å². The van der Waals surface area contributed by atoms with Crippen molar-refractivity contribution in [3.63, 3.8) is 0 Å². The number of rotatable bonds is 6. The molecule has 0 atom stereocenters. The van der Waals surface area contributed by atoms with Crippen LogP contribution in [0, 0.1) is 6.92 Å². The van der Waals surface area contributed by atoms with Crippen LogP contribution in [0.4, 0.5) is 0 Å². The van der Waals surface area contributed by atoms with Crippen LogP contribution in [0.2, 0.25) is 0 Å². The van der Waals surface area contributed by atoms with E-state index in [9.17, 15) is 8.42 Å². The summed E-state index contributed by atoms with van der Waals surface area (Å²) in [7, 11) is -3.91. The Labute approximate surface area is 117 Å². The molecule has 0 amide bonds. The highest BCUT2D eigenvalue weighted by Crippen LogP contribution is 2.30. The van der Waals surface area contributed by atoms with E-state index in [1.54, 1.807) is 6.92 Å². The average Bonchev–Trinajstić information content (AvgIpc) is 2.66. The zero-order valence-corrected chi connectivity index (χ0v) is 12.8. The minimum absolute atomic E-state index is 0.0547. The molecule has 6 nitrogen and oxygen atoms in total. The Morgan fingerprint density at radius 2 is 1.83 bits per heavy atom. The van der Waals surface area contributed by atoms with Gasteiger partial charge in [-0.05, 0) is 28.9 Å². The number of hydrogen-bond acceptors (Lipinski definition) is 6. The molecule has 9 heteroatoms. The van der Waals surface area contributed by atoms with Gasteiger partial charge in [0.1, 0.15) is 5.54 Å². The summed E-state index contributed by atoms with van der Waals surface area (Å²) in [5.74, 6) is 0. The van der Waals surface area contributed by atoms with E-state index >= 15 is 0 Å². The van der Waals surface area contributed by atoms with E-state index in [-0.39, 0.29) is 4.90 Å². The summed E-state index contributed by atoms with van der Waals surface area (Å²) >= 11 is 4.44. The van der Waals surface area contributed by atoms with Crippen LogP contribution in [0.3, 0.4) is 0 Å². The van der Waals surface area contributed by atoms with Gasteiger partial charge in [-0.25, -0.2) is 8.42 Å². The first kappa shape index (κ1) is 16.0. The summed E-state index contributed by atoms with van der Waals surface area (Å²) in [6.45, 7) is -0.473. The Balaban J connectivity index is 3.12. The summed E-state index contributed by atoms with van der Waals surface area (Å²) in [5.41, 5.74) is -1.67. The third-order valence-electron chi connectivity index (χ3n) is 2.39. The summed E-state index contributed by atoms with van der Waals surface area (Å²) in [6.07, 6.45) is 0. The smallest absolute Gasteiger partial charge is 0.242 e. The van der Waals surface area contributed by atoms with Gasteiger partial charge in [0.15, 0.2) is 0 Å². The topological polar surface area (TPSA) is 107 Å². The molecule has 4 N–H and O–H groups in total. The van der Waals surface area contributed by atoms with Gasteiger partial charge >= 0.3 is 0 Å². The van der Waals surface area contributed by atoms with Crippen LogP contribution in [0.1, 0.15) is 4.88 Å². The van der Waals surface area contributed by atoms with Crippen molar-refractivity contribution in [2.75, 3.05) is 19.8 Å². The monoisotopic (exact) mass is 359 g/mol. The maximum absolute atomic E-state index is 12.1. The number of sulfonamides is 1. The standard InChI is InChI=1S/C9H14BrNO5S2/c1-6-7(2-8(10)17-6)18(15,16)11-9(3-12,4-13)5-14/h2,11-14H,3-5H2,1H3. The molecule has 1 aromatic rings. The lowest BCUT2D eigenvalue weighted by Crippen LogP contribution is -2.56. The second kappa shape index (κ2) is 5.95. The molecule has 0 fully saturated rings. The lowest BCUT2D eigenvalue weighted by atomic mass is 10.1. The Morgan fingerprint density at radius 3 is 2.17 bits per heavy atom. The summed E-state index contributed by atoms with van der Waals surface area (Å²) < 4.78 is 27.0. The quantitative estimate of drug-likeness (QED) is 0.563. The van der Waals surface area contributed by atoms with Crippen molar-refractivity contribution in [3.8, 4) is 0 Å². The normalized spacial score (nSPS) is 12.9. The fourth-order valence-corrected chi connectivity index (χ4v) is 5.08. The number of aliphatic hydroxyl groups is 3. The molecule has 0 aliphatic carbocycles. The fourth-order valence-electron chi connectivity index (χ4n) is 1.28. The molecule has 1 heterocycles. The van der Waals surface area contributed by atoms with E-state index < -0.39 is 35.4 Å². The molecule has 0 unspecified atom stereocenters. The van der Waals surface area contributed by atoms with Crippen LogP contribution in [0.15, 0.2) is 14.7 Å². The molecule has 0 saturated heterocycles. The fraction of sp³-hybridized carbons (Fsp3) is 0.556. The van der Waals surface area contributed by atoms with Gasteiger partial charge in [-0.3, -0.25) is 0 Å². The molecule has 1 aromatic heterocycles. The van der Waals surface area contributed by atoms with Crippen molar-refractivity contribution in [2.24, 2.45) is 0 Å². The van der Waals surface area contributed by atoms with Crippen LogP contribution < -0.4 is 4.72 Å². The number of nitrogens with one attached hydrogen (secondary N) is 1. The molecule has 0 aliphatic rings. The molecular weight excluding hydrogens is 346 g/mol. The van der Waals surface area contributed by atoms with Gasteiger partial charge in [0.05, 0.1) is 28.5 Å². The van der Waals surface area contributed by atoms with Gasteiger partial charge in [0.25, 0.3) is 0 Å². The van der Waals surface area contributed by atoms with Crippen molar-refractivity contribution in [1.29, 1.82) is 0 Å². The largest absolute Gasteiger partial charge is 0.394 e. The van der Waals surface area contributed by atoms with Crippen LogP contribution in [0.25, 0.3) is 0 Å². The summed E-state index contributed by atoms with van der Waals surface area (Å²) in [5, 5.41) is 27.3. The second-order valence-corrected chi connectivity index (χ2v) is 8.12. The van der Waals surface area contributed by atoms with Crippen LogP contribution >= 0.6 is 27.3 Å². The highest BCUT2D eigenvalue weighted by Gasteiger charge is 2.34. The van der Waals surface area contributed by atoms with Crippen molar-refractivity contribution < 1.29 is 23.7 Å². The van der Waals surface area contributed by atoms with Crippen molar-refractivity contribution >= 4 is 37.3 Å². The molecule has 0 radical (unpaired) electrons. The average molecular weight is 360 g/mol. The third kappa shape index (κ3) is 3.29. The van der Waals surface area contributed by atoms with Crippen LogP contribution in [0.5, 0.6) is 0 Å². The van der Waals surface area contributed by atoms with E-state index in [1.807, 2.05) is 0 Å². The van der Waals surface area contributed by atoms with Crippen molar-refractivity contribution in [1.82, 2.24) is 4.72 Å². The molecule has 0 spiro atoms. The zero-order chi connectivity index (χ0) is 14.0. The lowest BCUT2D eigenvalue weighted by molar-refractivity contribution is 0.0582. The number of halogens is 1. The zero-order valence-electron chi connectivity index (χ0n) is 9.55. The molecule has 0 bridgehead atoms. The maximum atomic E-state index is 12.1. The molecular formula is C9H14BrNO5S2. The summed E-state index contributed by atoms with van der Waals surface area (Å²) in [6, 6.07) is 1.43. The third-order valence-corrected chi connectivity index (χ3v) is 5.78. The van der Waals surface area contributed by atoms with Gasteiger partial charge in [-0.1, -0.05) is 0 Å². The highest BCUT2D eigenvalue weighted by molar-refractivity contribution is 9.11. The molecule has 0 saturated carbocycles. The summed E-state index contributed by atoms with van der Waals surface area (Å²) in [4.78, 5) is 0.621. The van der Waals surface area contributed by atoms with Crippen molar-refractivity contribution in [3.05, 3.63) is 14.7 Å². The minimum atomic E-state index is -3.91. The van der Waals surface area contributed by atoms with Gasteiger partial charge in [-0.2, -0.15) is 4.72 Å². The molecule has 1 rings (SSSR count). The Morgan fingerprint density at radius 1 is 1.33 bits per heavy atom. The SMILES string of the molecule is Cc1sc(Br)cc1S(=O)(=O)NC(CO)(CO)CO. The first-order valence-electron chi connectivity index (χ1n) is 4.93. The Bertz CT molecular complexity index is 501. The number of hydrogen-bond donors (Lipinski definition) is 4. The number of thiophene rings is 1. The van der Waals surface area contributed by atoms with E-state index in [0.29, 0.717) is 8.66 Å². The van der Waals surface area contributed by atoms with Gasteiger partial charge in [0, 0.05) is 4.88 Å². The van der Waals surface area contributed by atoms with E-state index in [2.05, 4.69) is 20.7 Å². The van der Waals surface area contributed by atoms with E-state index in [0.717, 1.165) is 0 Å². The molecule has 0 aliphatic heterocycles. The number of aryl methyl sites for hydroxylation is 1.